The first kappa shape index (κ1) is 17.5. The summed E-state index contributed by atoms with van der Waals surface area (Å²) >= 11 is 0. The van der Waals surface area contributed by atoms with E-state index >= 15 is 0 Å². The fourth-order valence-electron chi connectivity index (χ4n) is 3.20. The summed E-state index contributed by atoms with van der Waals surface area (Å²) in [6.45, 7) is 3.77. The monoisotopic (exact) mass is 366 g/mol. The molecule has 2 aliphatic heterocycles. The van der Waals surface area contributed by atoms with Crippen molar-refractivity contribution in [2.24, 2.45) is 16.0 Å². The number of nitrogens with zero attached hydrogens (tertiary/aromatic N) is 2. The van der Waals surface area contributed by atoms with E-state index < -0.39 is 10.2 Å². The number of benzene rings is 1. The van der Waals surface area contributed by atoms with Gasteiger partial charge in [0.15, 0.2) is 5.84 Å². The van der Waals surface area contributed by atoms with E-state index in [9.17, 15) is 13.2 Å². The second kappa shape index (κ2) is 6.91. The van der Waals surface area contributed by atoms with Gasteiger partial charge in [0.25, 0.3) is 0 Å². The molecule has 1 fully saturated rings. The number of anilines is 1. The summed E-state index contributed by atoms with van der Waals surface area (Å²) in [5, 5.41) is 0. The number of nitrogens with one attached hydrogen (secondary N) is 1. The predicted molar refractivity (Wildman–Crippen MR) is 94.8 cm³/mol. The Morgan fingerprint density at radius 1 is 1.48 bits per heavy atom. The highest BCUT2D eigenvalue weighted by Gasteiger charge is 2.26. The highest BCUT2D eigenvalue weighted by atomic mass is 32.2. The minimum Gasteiger partial charge on any atom is -0.492 e. The first-order valence-corrected chi connectivity index (χ1v) is 9.75. The molecule has 3 rings (SSSR count). The largest absolute Gasteiger partial charge is 0.492 e. The lowest BCUT2D eigenvalue weighted by atomic mass is 9.98. The molecule has 0 saturated carbocycles. The van der Waals surface area contributed by atoms with E-state index in [1.165, 1.54) is 0 Å². The van der Waals surface area contributed by atoms with Crippen molar-refractivity contribution < 1.29 is 17.9 Å². The van der Waals surface area contributed by atoms with Gasteiger partial charge in [-0.25, -0.2) is 0 Å². The van der Waals surface area contributed by atoms with E-state index in [2.05, 4.69) is 9.12 Å². The van der Waals surface area contributed by atoms with E-state index in [1.807, 2.05) is 11.8 Å². The van der Waals surface area contributed by atoms with Gasteiger partial charge in [0, 0.05) is 25.4 Å². The van der Waals surface area contributed by atoms with Crippen LogP contribution in [-0.4, -0.2) is 44.8 Å². The number of fused-ring (bicyclic) bond motifs is 1. The number of amidine groups is 1. The third-order valence-corrected chi connectivity index (χ3v) is 5.30. The van der Waals surface area contributed by atoms with Gasteiger partial charge in [-0.3, -0.25) is 9.52 Å². The van der Waals surface area contributed by atoms with Gasteiger partial charge < -0.3 is 15.4 Å². The number of amides is 1. The highest BCUT2D eigenvalue weighted by molar-refractivity contribution is 7.91. The number of likely N-dealkylation sites (tertiary alicyclic amines) is 1. The number of rotatable bonds is 4. The molecule has 2 aliphatic rings. The average molecular weight is 366 g/mol. The maximum absolute atomic E-state index is 11.9. The molecule has 1 atom stereocenters. The first-order chi connectivity index (χ1) is 11.9. The SMILES string of the molecule is CCC(=O)N1CCC[C@H](COc2cccc3c2C(N)=NS(=O)(=O)N3)C1. The third kappa shape index (κ3) is 3.87. The Labute approximate surface area is 147 Å². The standard InChI is InChI=1S/C16H22N4O4S/c1-2-14(21)20-8-4-5-11(9-20)10-24-13-7-3-6-12-15(13)16(17)19-25(22,23)18-12/h3,6-7,11,18H,2,4-5,8-10H2,1H3,(H2,17,19)/t11-/m0/s1. The van der Waals surface area contributed by atoms with Crippen molar-refractivity contribution in [3.8, 4) is 5.75 Å². The lowest BCUT2D eigenvalue weighted by Crippen LogP contribution is -2.41. The maximum atomic E-state index is 11.9. The van der Waals surface area contributed by atoms with Crippen LogP contribution in [-0.2, 0) is 15.0 Å². The zero-order chi connectivity index (χ0) is 18.0. The van der Waals surface area contributed by atoms with E-state index in [4.69, 9.17) is 10.5 Å². The van der Waals surface area contributed by atoms with Crippen LogP contribution in [0.3, 0.4) is 0 Å². The molecule has 9 heteroatoms. The Morgan fingerprint density at radius 2 is 2.28 bits per heavy atom. The van der Waals surface area contributed by atoms with E-state index in [0.717, 1.165) is 19.4 Å². The van der Waals surface area contributed by atoms with Crippen LogP contribution in [0.5, 0.6) is 5.75 Å². The quantitative estimate of drug-likeness (QED) is 0.828. The normalized spacial score (nSPS) is 21.7. The molecule has 0 spiro atoms. The molecule has 136 valence electrons. The molecule has 1 saturated heterocycles. The van der Waals surface area contributed by atoms with Gasteiger partial charge in [-0.05, 0) is 25.0 Å². The average Bonchev–Trinajstić information content (AvgIpc) is 2.58. The molecule has 1 amide bonds. The Kier molecular flexibility index (Phi) is 4.85. The lowest BCUT2D eigenvalue weighted by Gasteiger charge is -2.32. The second-order valence-corrected chi connectivity index (χ2v) is 7.58. The molecule has 0 aliphatic carbocycles. The van der Waals surface area contributed by atoms with Crippen molar-refractivity contribution >= 4 is 27.6 Å². The number of piperidine rings is 1. The molecule has 1 aromatic rings. The summed E-state index contributed by atoms with van der Waals surface area (Å²) in [4.78, 5) is 13.7. The van der Waals surface area contributed by atoms with Crippen LogP contribution >= 0.6 is 0 Å². The molecule has 1 aromatic carbocycles. The van der Waals surface area contributed by atoms with Gasteiger partial charge in [0.05, 0.1) is 17.9 Å². The van der Waals surface area contributed by atoms with Gasteiger partial charge in [-0.1, -0.05) is 13.0 Å². The number of hydrogen-bond donors (Lipinski definition) is 2. The predicted octanol–water partition coefficient (Wildman–Crippen LogP) is 1.09. The van der Waals surface area contributed by atoms with Crippen LogP contribution in [0.1, 0.15) is 31.7 Å². The van der Waals surface area contributed by atoms with E-state index in [-0.39, 0.29) is 17.7 Å². The molecule has 2 heterocycles. The molecule has 0 unspecified atom stereocenters. The zero-order valence-corrected chi connectivity index (χ0v) is 14.9. The fourth-order valence-corrected chi connectivity index (χ4v) is 4.04. The maximum Gasteiger partial charge on any atom is 0.344 e. The molecule has 3 N–H and O–H groups in total. The number of ether oxygens (including phenoxy) is 1. The van der Waals surface area contributed by atoms with Gasteiger partial charge in [0.2, 0.25) is 5.91 Å². The summed E-state index contributed by atoms with van der Waals surface area (Å²) in [6, 6.07) is 5.05. The summed E-state index contributed by atoms with van der Waals surface area (Å²) in [6.07, 6.45) is 2.45. The van der Waals surface area contributed by atoms with E-state index in [0.29, 0.717) is 36.6 Å². The molecule has 0 radical (unpaired) electrons. The third-order valence-electron chi connectivity index (χ3n) is 4.39. The lowest BCUT2D eigenvalue weighted by molar-refractivity contribution is -0.132. The highest BCUT2D eigenvalue weighted by Crippen LogP contribution is 2.31. The fraction of sp³-hybridized carbons (Fsp3) is 0.500. The Bertz CT molecular complexity index is 806. The van der Waals surface area contributed by atoms with Crippen LogP contribution in [0.15, 0.2) is 22.6 Å². The van der Waals surface area contributed by atoms with Gasteiger partial charge in [-0.15, -0.1) is 4.40 Å². The summed E-state index contributed by atoms with van der Waals surface area (Å²) in [5.74, 6) is 0.794. The van der Waals surface area contributed by atoms with Gasteiger partial charge >= 0.3 is 10.2 Å². The number of nitrogens with two attached hydrogens (primary N) is 1. The number of carbonyl (C=O) groups excluding carboxylic acids is 1. The molecule has 25 heavy (non-hydrogen) atoms. The smallest absolute Gasteiger partial charge is 0.344 e. The van der Waals surface area contributed by atoms with Crippen molar-refractivity contribution in [1.82, 2.24) is 4.90 Å². The number of carbonyl (C=O) groups is 1. The summed E-state index contributed by atoms with van der Waals surface area (Å²) in [5.41, 5.74) is 6.62. The number of hydrogen-bond acceptors (Lipinski definition) is 5. The summed E-state index contributed by atoms with van der Waals surface area (Å²) in [7, 11) is -3.80. The Hall–Kier alpha value is -2.29. The Balaban J connectivity index is 1.72. The molecule has 0 bridgehead atoms. The van der Waals surface area contributed by atoms with Crippen molar-refractivity contribution in [3.05, 3.63) is 23.8 Å². The minimum absolute atomic E-state index is 0.0872. The molecule has 0 aromatic heterocycles. The van der Waals surface area contributed by atoms with Crippen molar-refractivity contribution in [2.45, 2.75) is 26.2 Å². The van der Waals surface area contributed by atoms with Crippen LogP contribution < -0.4 is 15.2 Å². The van der Waals surface area contributed by atoms with Crippen LogP contribution in [0, 0.1) is 5.92 Å². The van der Waals surface area contributed by atoms with Crippen molar-refractivity contribution in [1.29, 1.82) is 0 Å². The minimum atomic E-state index is -3.80. The summed E-state index contributed by atoms with van der Waals surface area (Å²) < 4.78 is 35.0. The van der Waals surface area contributed by atoms with E-state index in [1.54, 1.807) is 18.2 Å². The van der Waals surface area contributed by atoms with Gasteiger partial charge in [0.1, 0.15) is 5.75 Å². The van der Waals surface area contributed by atoms with Crippen molar-refractivity contribution in [3.63, 3.8) is 0 Å². The second-order valence-electron chi connectivity index (χ2n) is 6.24. The first-order valence-electron chi connectivity index (χ1n) is 8.31. The molecular formula is C16H22N4O4S. The topological polar surface area (TPSA) is 114 Å². The zero-order valence-electron chi connectivity index (χ0n) is 14.1. The van der Waals surface area contributed by atoms with Crippen LogP contribution in [0.4, 0.5) is 5.69 Å². The van der Waals surface area contributed by atoms with Crippen LogP contribution in [0.25, 0.3) is 0 Å². The van der Waals surface area contributed by atoms with Crippen LogP contribution in [0.2, 0.25) is 0 Å². The Morgan fingerprint density at radius 3 is 3.04 bits per heavy atom. The van der Waals surface area contributed by atoms with Gasteiger partial charge in [-0.2, -0.15) is 8.42 Å². The molecule has 8 nitrogen and oxygen atoms in total. The molecular weight excluding hydrogens is 344 g/mol. The van der Waals surface area contributed by atoms with Crippen molar-refractivity contribution in [2.75, 3.05) is 24.4 Å².